The van der Waals surface area contributed by atoms with Crippen LogP contribution in [-0.4, -0.2) is 16.0 Å². The van der Waals surface area contributed by atoms with Crippen LogP contribution in [0.25, 0.3) is 0 Å². The molecule has 0 radical (unpaired) electrons. The Morgan fingerprint density at radius 3 is 2.18 bits per heavy atom. The van der Waals surface area contributed by atoms with Crippen molar-refractivity contribution in [2.45, 2.75) is 24.7 Å². The smallest absolute Gasteiger partial charge is 0.272 e. The molecular weight excluding hydrogens is 250 g/mol. The van der Waals surface area contributed by atoms with E-state index in [2.05, 4.69) is 5.10 Å². The summed E-state index contributed by atoms with van der Waals surface area (Å²) in [5.41, 5.74) is -1.16. The van der Waals surface area contributed by atoms with Gasteiger partial charge < -0.3 is 0 Å². The van der Waals surface area contributed by atoms with E-state index in [1.54, 1.807) is 0 Å². The first kappa shape index (κ1) is 12.3. The summed E-state index contributed by atoms with van der Waals surface area (Å²) in [7, 11) is 1.22. The van der Waals surface area contributed by atoms with Gasteiger partial charge in [0.2, 0.25) is 0 Å². The highest BCUT2D eigenvalue weighted by atomic mass is 19.4. The van der Waals surface area contributed by atoms with E-state index >= 15 is 0 Å². The van der Waals surface area contributed by atoms with E-state index in [1.807, 2.05) is 0 Å². The maximum Gasteiger partial charge on any atom is 0.435 e. The summed E-state index contributed by atoms with van der Waals surface area (Å²) < 4.78 is 74.7. The van der Waals surface area contributed by atoms with Crippen molar-refractivity contribution in [2.24, 2.45) is 13.0 Å². The molecule has 1 aromatic heterocycles. The van der Waals surface area contributed by atoms with Gasteiger partial charge in [0.05, 0.1) is 5.92 Å². The van der Waals surface area contributed by atoms with Gasteiger partial charge in [-0.25, -0.2) is 0 Å². The van der Waals surface area contributed by atoms with E-state index in [0.717, 1.165) is 4.68 Å². The normalized spacial score (nSPS) is 25.1. The summed E-state index contributed by atoms with van der Waals surface area (Å²) >= 11 is 0. The van der Waals surface area contributed by atoms with Gasteiger partial charge >= 0.3 is 12.4 Å². The molecule has 0 saturated heterocycles. The second-order valence-corrected chi connectivity index (χ2v) is 4.07. The predicted octanol–water partition coefficient (Wildman–Crippen LogP) is 3.10. The fourth-order valence-electron chi connectivity index (χ4n) is 1.85. The van der Waals surface area contributed by atoms with Gasteiger partial charge in [0.1, 0.15) is 0 Å². The van der Waals surface area contributed by atoms with Crippen LogP contribution < -0.4 is 0 Å². The van der Waals surface area contributed by atoms with Crippen LogP contribution in [-0.2, 0) is 13.2 Å². The lowest BCUT2D eigenvalue weighted by Gasteiger charge is -2.04. The number of aryl methyl sites for hydroxylation is 1. The molecule has 0 bridgehead atoms. The van der Waals surface area contributed by atoms with Gasteiger partial charge in [-0.3, -0.25) is 4.68 Å². The molecule has 0 spiro atoms. The van der Waals surface area contributed by atoms with Gasteiger partial charge in [0, 0.05) is 18.7 Å². The van der Waals surface area contributed by atoms with E-state index in [-0.39, 0.29) is 12.1 Å². The van der Waals surface area contributed by atoms with E-state index in [4.69, 9.17) is 0 Å². The Kier molecular flexibility index (Phi) is 2.45. The zero-order valence-electron chi connectivity index (χ0n) is 8.60. The molecule has 0 aromatic carbocycles. The molecule has 96 valence electrons. The highest BCUT2D eigenvalue weighted by molar-refractivity contribution is 5.23. The molecule has 1 heterocycles. The fraction of sp³-hybridized carbons (Fsp3) is 0.667. The van der Waals surface area contributed by atoms with Gasteiger partial charge in [-0.2, -0.15) is 31.4 Å². The van der Waals surface area contributed by atoms with Crippen LogP contribution in [0.3, 0.4) is 0 Å². The minimum Gasteiger partial charge on any atom is -0.272 e. The summed E-state index contributed by atoms with van der Waals surface area (Å²) in [5.74, 6) is -2.44. The number of hydrogen-bond acceptors (Lipinski definition) is 1. The van der Waals surface area contributed by atoms with Crippen molar-refractivity contribution in [3.05, 3.63) is 17.5 Å². The molecule has 2 atom stereocenters. The third-order valence-corrected chi connectivity index (χ3v) is 2.80. The van der Waals surface area contributed by atoms with Gasteiger partial charge in [0.25, 0.3) is 0 Å². The Balaban J connectivity index is 2.22. The number of hydrogen-bond donors (Lipinski definition) is 0. The molecule has 2 unspecified atom stereocenters. The Hall–Kier alpha value is -1.21. The molecular formula is C9H8F6N2. The number of halogens is 6. The van der Waals surface area contributed by atoms with Gasteiger partial charge in [-0.1, -0.05) is 0 Å². The molecule has 1 aliphatic rings. The van der Waals surface area contributed by atoms with Crippen molar-refractivity contribution >= 4 is 0 Å². The Morgan fingerprint density at radius 2 is 1.82 bits per heavy atom. The third kappa shape index (κ3) is 2.25. The first-order chi connectivity index (χ1) is 7.60. The maximum atomic E-state index is 12.3. The number of rotatable bonds is 1. The minimum atomic E-state index is -4.63. The topological polar surface area (TPSA) is 17.8 Å². The van der Waals surface area contributed by atoms with Gasteiger partial charge in [-0.05, 0) is 12.5 Å². The van der Waals surface area contributed by atoms with E-state index in [0.29, 0.717) is 6.07 Å². The van der Waals surface area contributed by atoms with Gasteiger partial charge in [0.15, 0.2) is 5.69 Å². The molecule has 0 amide bonds. The predicted molar refractivity (Wildman–Crippen MR) is 45.1 cm³/mol. The van der Waals surface area contributed by atoms with Crippen LogP contribution in [0, 0.1) is 5.92 Å². The summed E-state index contributed by atoms with van der Waals surface area (Å²) in [6.45, 7) is 0. The molecule has 1 aromatic rings. The Morgan fingerprint density at radius 1 is 1.24 bits per heavy atom. The average Bonchev–Trinajstić information content (AvgIpc) is 2.82. The largest absolute Gasteiger partial charge is 0.435 e. The van der Waals surface area contributed by atoms with Crippen molar-refractivity contribution in [3.63, 3.8) is 0 Å². The van der Waals surface area contributed by atoms with Crippen LogP contribution in [0.5, 0.6) is 0 Å². The number of nitrogens with zero attached hydrogens (tertiary/aromatic N) is 2. The monoisotopic (exact) mass is 258 g/mol. The van der Waals surface area contributed by atoms with Crippen LogP contribution in [0.15, 0.2) is 6.07 Å². The van der Waals surface area contributed by atoms with Crippen molar-refractivity contribution in [3.8, 4) is 0 Å². The highest BCUT2D eigenvalue weighted by Gasteiger charge is 2.57. The fourth-order valence-corrected chi connectivity index (χ4v) is 1.85. The quantitative estimate of drug-likeness (QED) is 0.708. The Labute approximate surface area is 92.2 Å². The first-order valence-electron chi connectivity index (χ1n) is 4.78. The van der Waals surface area contributed by atoms with E-state index in [9.17, 15) is 26.3 Å². The van der Waals surface area contributed by atoms with Crippen LogP contribution in [0.2, 0.25) is 0 Å². The zero-order valence-corrected chi connectivity index (χ0v) is 8.60. The van der Waals surface area contributed by atoms with E-state index in [1.165, 1.54) is 7.05 Å². The first-order valence-corrected chi connectivity index (χ1v) is 4.78. The highest BCUT2D eigenvalue weighted by Crippen LogP contribution is 2.56. The molecule has 2 rings (SSSR count). The standard InChI is InChI=1S/C9H8F6N2/c1-17-6(3-7(16-17)9(13,14)15)4-2-5(4)8(10,11)12/h3-5H,2H2,1H3. The lowest BCUT2D eigenvalue weighted by Crippen LogP contribution is -2.12. The maximum absolute atomic E-state index is 12.3. The van der Waals surface area contributed by atoms with Crippen molar-refractivity contribution in [2.75, 3.05) is 0 Å². The molecule has 1 aliphatic carbocycles. The van der Waals surface area contributed by atoms with E-state index < -0.39 is 29.9 Å². The summed E-state index contributed by atoms with van der Waals surface area (Å²) in [4.78, 5) is 0. The molecule has 0 aliphatic heterocycles. The average molecular weight is 258 g/mol. The van der Waals surface area contributed by atoms with Crippen molar-refractivity contribution in [1.82, 2.24) is 9.78 Å². The number of aromatic nitrogens is 2. The minimum absolute atomic E-state index is 0.0142. The molecule has 2 nitrogen and oxygen atoms in total. The molecule has 0 N–H and O–H groups in total. The summed E-state index contributed by atoms with van der Waals surface area (Å²) in [6.07, 6.45) is -9.15. The summed E-state index contributed by atoms with van der Waals surface area (Å²) in [6, 6.07) is 0.691. The number of alkyl halides is 6. The molecule has 1 fully saturated rings. The lowest BCUT2D eigenvalue weighted by atomic mass is 10.2. The summed E-state index contributed by atoms with van der Waals surface area (Å²) in [5, 5.41) is 3.18. The van der Waals surface area contributed by atoms with Crippen LogP contribution in [0.1, 0.15) is 23.7 Å². The van der Waals surface area contributed by atoms with Crippen LogP contribution in [0.4, 0.5) is 26.3 Å². The second-order valence-electron chi connectivity index (χ2n) is 4.07. The SMILES string of the molecule is Cn1nc(C(F)(F)F)cc1C1CC1C(F)(F)F. The Bertz CT molecular complexity index is 430. The zero-order chi connectivity index (χ0) is 13.0. The van der Waals surface area contributed by atoms with Crippen molar-refractivity contribution in [1.29, 1.82) is 0 Å². The van der Waals surface area contributed by atoms with Crippen molar-refractivity contribution < 1.29 is 26.3 Å². The molecule has 17 heavy (non-hydrogen) atoms. The third-order valence-electron chi connectivity index (χ3n) is 2.80. The molecule has 8 heteroatoms. The molecule has 1 saturated carbocycles. The van der Waals surface area contributed by atoms with Gasteiger partial charge in [-0.15, -0.1) is 0 Å². The second kappa shape index (κ2) is 3.39. The van der Waals surface area contributed by atoms with Crippen LogP contribution >= 0.6 is 0 Å². The lowest BCUT2D eigenvalue weighted by molar-refractivity contribution is -0.148.